The van der Waals surface area contributed by atoms with Crippen molar-refractivity contribution < 1.29 is 4.55 Å². The molecule has 1 aliphatic carbocycles. The molecule has 0 bridgehead atoms. The molecule has 0 spiro atoms. The Balaban J connectivity index is 2.12. The van der Waals surface area contributed by atoms with Gasteiger partial charge in [0.1, 0.15) is 10.8 Å². The van der Waals surface area contributed by atoms with Crippen LogP contribution in [0.15, 0.2) is 11.4 Å². The standard InChI is InChI=1S/C13H18N2OS2/c1-13(2,3)18(16)15-12(10-4-5-10)11-6-9(7-14)8-17-11/h6,8,10,12,15H,4-5H2,1-3H3/t12-,18+/m1/s1. The molecule has 98 valence electrons. The van der Waals surface area contributed by atoms with Gasteiger partial charge in [-0.15, -0.1) is 16.1 Å². The Kier molecular flexibility index (Phi) is 4.02. The minimum Gasteiger partial charge on any atom is -0.598 e. The third kappa shape index (κ3) is 3.27. The molecule has 0 radical (unpaired) electrons. The molecular formula is C13H18N2OS2. The lowest BCUT2D eigenvalue weighted by Gasteiger charge is -2.27. The molecule has 0 amide bonds. The Labute approximate surface area is 116 Å². The van der Waals surface area contributed by atoms with Gasteiger partial charge in [-0.05, 0) is 45.6 Å². The minimum absolute atomic E-state index is 0.136. The minimum atomic E-state index is -1.07. The van der Waals surface area contributed by atoms with Crippen molar-refractivity contribution in [2.24, 2.45) is 5.92 Å². The van der Waals surface area contributed by atoms with Crippen LogP contribution in [0.3, 0.4) is 0 Å². The third-order valence-electron chi connectivity index (χ3n) is 2.94. The largest absolute Gasteiger partial charge is 0.598 e. The van der Waals surface area contributed by atoms with E-state index in [4.69, 9.17) is 5.26 Å². The number of hydrogen-bond donors (Lipinski definition) is 1. The summed E-state index contributed by atoms with van der Waals surface area (Å²) in [6.45, 7) is 5.90. The molecule has 1 aromatic heterocycles. The quantitative estimate of drug-likeness (QED) is 0.863. The SMILES string of the molecule is CC(C)(C)[S@+]([O-])N[C@@H](c1cc(C#N)cs1)C1CC1. The van der Waals surface area contributed by atoms with Gasteiger partial charge in [0.25, 0.3) is 0 Å². The van der Waals surface area contributed by atoms with Crippen LogP contribution in [0.4, 0.5) is 0 Å². The monoisotopic (exact) mass is 282 g/mol. The Hall–Kier alpha value is -0.540. The summed E-state index contributed by atoms with van der Waals surface area (Å²) >= 11 is 0.516. The molecule has 0 unspecified atom stereocenters. The van der Waals surface area contributed by atoms with Crippen LogP contribution in [0.25, 0.3) is 0 Å². The first-order valence-electron chi connectivity index (χ1n) is 6.08. The Morgan fingerprint density at radius 2 is 2.22 bits per heavy atom. The average molecular weight is 282 g/mol. The second kappa shape index (κ2) is 5.22. The highest BCUT2D eigenvalue weighted by molar-refractivity contribution is 7.90. The van der Waals surface area contributed by atoms with Gasteiger partial charge in [0.05, 0.1) is 11.6 Å². The topological polar surface area (TPSA) is 58.9 Å². The van der Waals surface area contributed by atoms with Crippen molar-refractivity contribution in [1.29, 1.82) is 5.26 Å². The van der Waals surface area contributed by atoms with Crippen LogP contribution in [0.5, 0.6) is 0 Å². The van der Waals surface area contributed by atoms with E-state index >= 15 is 0 Å². The number of nitrogens with zero attached hydrogens (tertiary/aromatic N) is 1. The van der Waals surface area contributed by atoms with E-state index in [0.717, 1.165) is 4.88 Å². The summed E-state index contributed by atoms with van der Waals surface area (Å²) in [6.07, 6.45) is 2.36. The summed E-state index contributed by atoms with van der Waals surface area (Å²) in [5, 5.41) is 10.7. The first kappa shape index (κ1) is 13.9. The van der Waals surface area contributed by atoms with Crippen molar-refractivity contribution in [1.82, 2.24) is 4.72 Å². The average Bonchev–Trinajstić information content (AvgIpc) is 3.02. The van der Waals surface area contributed by atoms with Crippen LogP contribution in [0, 0.1) is 17.2 Å². The fourth-order valence-electron chi connectivity index (χ4n) is 1.68. The lowest BCUT2D eigenvalue weighted by Crippen LogP contribution is -2.41. The van der Waals surface area contributed by atoms with E-state index < -0.39 is 11.4 Å². The molecule has 2 atom stereocenters. The second-order valence-corrected chi connectivity index (χ2v) is 8.60. The lowest BCUT2D eigenvalue weighted by molar-refractivity contribution is 0.507. The van der Waals surface area contributed by atoms with Crippen molar-refractivity contribution in [2.75, 3.05) is 0 Å². The number of hydrogen-bond acceptors (Lipinski definition) is 4. The molecule has 1 heterocycles. The van der Waals surface area contributed by atoms with Gasteiger partial charge in [0.15, 0.2) is 0 Å². The molecule has 18 heavy (non-hydrogen) atoms. The maximum Gasteiger partial charge on any atom is 0.136 e. The van der Waals surface area contributed by atoms with E-state index in [9.17, 15) is 4.55 Å². The smallest absolute Gasteiger partial charge is 0.136 e. The Morgan fingerprint density at radius 3 is 2.67 bits per heavy atom. The molecule has 1 N–H and O–H groups in total. The van der Waals surface area contributed by atoms with Crippen molar-refractivity contribution in [3.05, 3.63) is 21.9 Å². The van der Waals surface area contributed by atoms with E-state index in [0.29, 0.717) is 11.5 Å². The van der Waals surface area contributed by atoms with E-state index in [1.54, 1.807) is 11.3 Å². The van der Waals surface area contributed by atoms with Crippen molar-refractivity contribution >= 4 is 22.7 Å². The first-order chi connectivity index (χ1) is 8.41. The van der Waals surface area contributed by atoms with Gasteiger partial charge in [0.2, 0.25) is 0 Å². The summed E-state index contributed by atoms with van der Waals surface area (Å²) in [7, 11) is 0. The fraction of sp³-hybridized carbons (Fsp3) is 0.615. The molecular weight excluding hydrogens is 264 g/mol. The predicted octanol–water partition coefficient (Wildman–Crippen LogP) is 3.12. The number of rotatable bonds is 4. The molecule has 0 aliphatic heterocycles. The van der Waals surface area contributed by atoms with E-state index in [1.165, 1.54) is 12.8 Å². The summed E-state index contributed by atoms with van der Waals surface area (Å²) < 4.78 is 15.2. The molecule has 5 heteroatoms. The predicted molar refractivity (Wildman–Crippen MR) is 75.5 cm³/mol. The zero-order valence-electron chi connectivity index (χ0n) is 10.9. The molecule has 1 fully saturated rings. The van der Waals surface area contributed by atoms with Gasteiger partial charge in [-0.25, -0.2) is 0 Å². The third-order valence-corrected chi connectivity index (χ3v) is 5.54. The van der Waals surface area contributed by atoms with Gasteiger partial charge >= 0.3 is 0 Å². The van der Waals surface area contributed by atoms with Gasteiger partial charge in [0, 0.05) is 21.6 Å². The van der Waals surface area contributed by atoms with Gasteiger partial charge < -0.3 is 4.55 Å². The first-order valence-corrected chi connectivity index (χ1v) is 8.11. The highest BCUT2D eigenvalue weighted by Crippen LogP contribution is 2.43. The summed E-state index contributed by atoms with van der Waals surface area (Å²) in [6, 6.07) is 4.21. The van der Waals surface area contributed by atoms with Crippen LogP contribution in [0.1, 0.15) is 50.1 Å². The number of nitriles is 1. The molecule has 0 saturated heterocycles. The zero-order valence-corrected chi connectivity index (χ0v) is 12.5. The van der Waals surface area contributed by atoms with Gasteiger partial charge in [-0.2, -0.15) is 5.26 Å². The Bertz CT molecular complexity index is 454. The lowest BCUT2D eigenvalue weighted by atomic mass is 10.1. The van der Waals surface area contributed by atoms with Crippen molar-refractivity contribution in [3.63, 3.8) is 0 Å². The van der Waals surface area contributed by atoms with E-state index in [1.807, 2.05) is 32.2 Å². The van der Waals surface area contributed by atoms with E-state index in [2.05, 4.69) is 10.8 Å². The summed E-state index contributed by atoms with van der Waals surface area (Å²) in [4.78, 5) is 1.13. The molecule has 1 saturated carbocycles. The van der Waals surface area contributed by atoms with Crippen LogP contribution in [0.2, 0.25) is 0 Å². The molecule has 1 aliphatic rings. The molecule has 0 aromatic carbocycles. The van der Waals surface area contributed by atoms with Crippen LogP contribution < -0.4 is 4.72 Å². The van der Waals surface area contributed by atoms with Crippen molar-refractivity contribution in [2.45, 2.75) is 44.4 Å². The molecule has 3 nitrogen and oxygen atoms in total. The Morgan fingerprint density at radius 1 is 1.56 bits per heavy atom. The van der Waals surface area contributed by atoms with Crippen LogP contribution in [-0.2, 0) is 11.4 Å². The molecule has 1 aromatic rings. The molecule has 2 rings (SSSR count). The normalized spacial score (nSPS) is 19.3. The number of thiophene rings is 1. The van der Waals surface area contributed by atoms with Crippen molar-refractivity contribution in [3.8, 4) is 6.07 Å². The van der Waals surface area contributed by atoms with Crippen LogP contribution >= 0.6 is 11.3 Å². The maximum absolute atomic E-state index is 12.2. The van der Waals surface area contributed by atoms with Crippen LogP contribution in [-0.4, -0.2) is 9.30 Å². The zero-order chi connectivity index (χ0) is 13.3. The maximum atomic E-state index is 12.2. The fourth-order valence-corrected chi connectivity index (χ4v) is 3.64. The van der Waals surface area contributed by atoms with E-state index in [-0.39, 0.29) is 10.8 Å². The summed E-state index contributed by atoms with van der Waals surface area (Å²) in [5.74, 6) is 0.571. The second-order valence-electron chi connectivity index (χ2n) is 5.66. The summed E-state index contributed by atoms with van der Waals surface area (Å²) in [5.41, 5.74) is 0.698. The highest BCUT2D eigenvalue weighted by Gasteiger charge is 2.39. The highest BCUT2D eigenvalue weighted by atomic mass is 32.2. The van der Waals surface area contributed by atoms with Gasteiger partial charge in [-0.1, -0.05) is 0 Å². The number of nitrogens with one attached hydrogen (secondary N) is 1. The van der Waals surface area contributed by atoms with Gasteiger partial charge in [-0.3, -0.25) is 0 Å².